The Kier molecular flexibility index (Phi) is 3.74. The van der Waals surface area contributed by atoms with Gasteiger partial charge in [-0.15, -0.1) is 0 Å². The standard InChI is InChI=1S/C9H17BrN2O/c1-6(2)8(11)9(13)12-4-3-7(10)5-12/h6-8H,3-5,11H2,1-2H3/t7-,8+/m1/s1. The molecule has 0 radical (unpaired) electrons. The maximum Gasteiger partial charge on any atom is 0.239 e. The summed E-state index contributed by atoms with van der Waals surface area (Å²) in [6.45, 7) is 5.60. The van der Waals surface area contributed by atoms with Crippen LogP contribution in [0.4, 0.5) is 0 Å². The summed E-state index contributed by atoms with van der Waals surface area (Å²) < 4.78 is 0. The first-order valence-corrected chi connectivity index (χ1v) is 5.62. The van der Waals surface area contributed by atoms with Gasteiger partial charge in [-0.2, -0.15) is 0 Å². The summed E-state index contributed by atoms with van der Waals surface area (Å²) in [6.07, 6.45) is 1.04. The van der Waals surface area contributed by atoms with Crippen LogP contribution >= 0.6 is 15.9 Å². The van der Waals surface area contributed by atoms with Crippen molar-refractivity contribution in [1.29, 1.82) is 0 Å². The first-order valence-electron chi connectivity index (χ1n) is 4.70. The third-order valence-corrected chi connectivity index (χ3v) is 3.19. The number of alkyl halides is 1. The van der Waals surface area contributed by atoms with Gasteiger partial charge in [0.15, 0.2) is 0 Å². The molecule has 1 fully saturated rings. The van der Waals surface area contributed by atoms with E-state index in [0.717, 1.165) is 19.5 Å². The summed E-state index contributed by atoms with van der Waals surface area (Å²) in [7, 11) is 0. The van der Waals surface area contributed by atoms with Gasteiger partial charge in [0.1, 0.15) is 0 Å². The van der Waals surface area contributed by atoms with E-state index in [1.54, 1.807) is 0 Å². The Morgan fingerprint density at radius 1 is 1.62 bits per heavy atom. The van der Waals surface area contributed by atoms with Crippen molar-refractivity contribution in [3.63, 3.8) is 0 Å². The van der Waals surface area contributed by atoms with Crippen molar-refractivity contribution >= 4 is 21.8 Å². The van der Waals surface area contributed by atoms with Gasteiger partial charge in [0.05, 0.1) is 6.04 Å². The van der Waals surface area contributed by atoms with E-state index in [0.29, 0.717) is 4.83 Å². The predicted molar refractivity (Wildman–Crippen MR) is 56.7 cm³/mol. The lowest BCUT2D eigenvalue weighted by molar-refractivity contribution is -0.132. The van der Waals surface area contributed by atoms with Crippen molar-refractivity contribution in [1.82, 2.24) is 4.90 Å². The summed E-state index contributed by atoms with van der Waals surface area (Å²) in [5, 5.41) is 0. The Morgan fingerprint density at radius 3 is 2.62 bits per heavy atom. The number of nitrogens with zero attached hydrogens (tertiary/aromatic N) is 1. The van der Waals surface area contributed by atoms with Crippen LogP contribution in [0.1, 0.15) is 20.3 Å². The van der Waals surface area contributed by atoms with E-state index in [2.05, 4.69) is 15.9 Å². The predicted octanol–water partition coefficient (Wildman–Crippen LogP) is 0.965. The molecule has 2 N–H and O–H groups in total. The van der Waals surface area contributed by atoms with E-state index in [9.17, 15) is 4.79 Å². The first-order chi connectivity index (χ1) is 6.02. The van der Waals surface area contributed by atoms with E-state index in [-0.39, 0.29) is 17.9 Å². The smallest absolute Gasteiger partial charge is 0.239 e. The second-order valence-corrected chi connectivity index (χ2v) is 5.23. The number of carbonyl (C=O) groups is 1. The number of rotatable bonds is 2. The van der Waals surface area contributed by atoms with Gasteiger partial charge in [-0.1, -0.05) is 29.8 Å². The van der Waals surface area contributed by atoms with Gasteiger partial charge in [-0.3, -0.25) is 4.79 Å². The van der Waals surface area contributed by atoms with E-state index in [1.165, 1.54) is 0 Å². The zero-order valence-corrected chi connectivity index (χ0v) is 9.75. The third kappa shape index (κ3) is 2.68. The monoisotopic (exact) mass is 248 g/mol. The van der Waals surface area contributed by atoms with Crippen LogP contribution in [0, 0.1) is 5.92 Å². The molecule has 4 heteroatoms. The summed E-state index contributed by atoms with van der Waals surface area (Å²) in [5.74, 6) is 0.318. The molecule has 2 atom stereocenters. The molecular weight excluding hydrogens is 232 g/mol. The van der Waals surface area contributed by atoms with Crippen LogP contribution in [0.2, 0.25) is 0 Å². The molecule has 13 heavy (non-hydrogen) atoms. The molecule has 1 aliphatic rings. The molecule has 0 unspecified atom stereocenters. The number of nitrogens with two attached hydrogens (primary N) is 1. The van der Waals surface area contributed by atoms with Crippen LogP contribution in [0.25, 0.3) is 0 Å². The van der Waals surface area contributed by atoms with Crippen molar-refractivity contribution in [2.75, 3.05) is 13.1 Å². The van der Waals surface area contributed by atoms with Crippen LogP contribution in [0.5, 0.6) is 0 Å². The first kappa shape index (κ1) is 11.0. The van der Waals surface area contributed by atoms with Gasteiger partial charge in [0, 0.05) is 17.9 Å². The second kappa shape index (κ2) is 4.42. The molecule has 1 saturated heterocycles. The van der Waals surface area contributed by atoms with Crippen LogP contribution in [0.3, 0.4) is 0 Å². The van der Waals surface area contributed by atoms with Crippen molar-refractivity contribution in [3.8, 4) is 0 Å². The molecule has 1 heterocycles. The number of likely N-dealkylation sites (tertiary alicyclic amines) is 1. The average Bonchev–Trinajstić information content (AvgIpc) is 2.49. The summed E-state index contributed by atoms with van der Waals surface area (Å²) in [6, 6.07) is -0.335. The molecule has 0 aromatic heterocycles. The van der Waals surface area contributed by atoms with Gasteiger partial charge >= 0.3 is 0 Å². The normalized spacial score (nSPS) is 25.3. The average molecular weight is 249 g/mol. The van der Waals surface area contributed by atoms with E-state index in [4.69, 9.17) is 5.73 Å². The number of carbonyl (C=O) groups excluding carboxylic acids is 1. The van der Waals surface area contributed by atoms with Gasteiger partial charge < -0.3 is 10.6 Å². The molecule has 0 aromatic rings. The Hall–Kier alpha value is -0.0900. The maximum atomic E-state index is 11.7. The molecule has 0 saturated carbocycles. The van der Waals surface area contributed by atoms with Crippen molar-refractivity contribution < 1.29 is 4.79 Å². The molecule has 1 rings (SSSR count). The number of halogens is 1. The molecule has 76 valence electrons. The van der Waals surface area contributed by atoms with Crippen LogP contribution < -0.4 is 5.73 Å². The SMILES string of the molecule is CC(C)[C@H](N)C(=O)N1CC[C@@H](Br)C1. The number of hydrogen-bond donors (Lipinski definition) is 1. The van der Waals surface area contributed by atoms with Crippen molar-refractivity contribution in [2.45, 2.75) is 31.1 Å². The highest BCUT2D eigenvalue weighted by Crippen LogP contribution is 2.18. The minimum atomic E-state index is -0.335. The molecule has 0 bridgehead atoms. The number of amides is 1. The summed E-state index contributed by atoms with van der Waals surface area (Å²) in [5.41, 5.74) is 5.78. The number of hydrogen-bond acceptors (Lipinski definition) is 2. The molecular formula is C9H17BrN2O. The lowest BCUT2D eigenvalue weighted by atomic mass is 10.0. The minimum absolute atomic E-state index is 0.0944. The lowest BCUT2D eigenvalue weighted by Gasteiger charge is -2.22. The largest absolute Gasteiger partial charge is 0.340 e. The fraction of sp³-hybridized carbons (Fsp3) is 0.889. The molecule has 0 aromatic carbocycles. The van der Waals surface area contributed by atoms with Crippen LogP contribution in [0.15, 0.2) is 0 Å². The lowest BCUT2D eigenvalue weighted by Crippen LogP contribution is -2.45. The van der Waals surface area contributed by atoms with Crippen molar-refractivity contribution in [3.05, 3.63) is 0 Å². The highest BCUT2D eigenvalue weighted by Gasteiger charge is 2.28. The van der Waals surface area contributed by atoms with Gasteiger partial charge in [-0.05, 0) is 12.3 Å². The van der Waals surface area contributed by atoms with Crippen LogP contribution in [-0.4, -0.2) is 34.8 Å². The highest BCUT2D eigenvalue weighted by molar-refractivity contribution is 9.09. The Morgan fingerprint density at radius 2 is 2.23 bits per heavy atom. The topological polar surface area (TPSA) is 46.3 Å². The quantitative estimate of drug-likeness (QED) is 0.741. The van der Waals surface area contributed by atoms with Gasteiger partial charge in [0.2, 0.25) is 5.91 Å². The zero-order valence-electron chi connectivity index (χ0n) is 8.16. The second-order valence-electron chi connectivity index (χ2n) is 3.94. The van der Waals surface area contributed by atoms with E-state index < -0.39 is 0 Å². The summed E-state index contributed by atoms with van der Waals surface area (Å²) in [4.78, 5) is 14.0. The molecule has 3 nitrogen and oxygen atoms in total. The fourth-order valence-electron chi connectivity index (χ4n) is 1.41. The molecule has 1 aliphatic heterocycles. The van der Waals surface area contributed by atoms with Crippen molar-refractivity contribution in [2.24, 2.45) is 11.7 Å². The molecule has 0 aliphatic carbocycles. The molecule has 0 spiro atoms. The maximum absolute atomic E-state index is 11.7. The zero-order chi connectivity index (χ0) is 10.0. The van der Waals surface area contributed by atoms with Gasteiger partial charge in [-0.25, -0.2) is 0 Å². The minimum Gasteiger partial charge on any atom is -0.340 e. The fourth-order valence-corrected chi connectivity index (χ4v) is 1.97. The third-order valence-electron chi connectivity index (χ3n) is 2.45. The van der Waals surface area contributed by atoms with E-state index in [1.807, 2.05) is 18.7 Å². The van der Waals surface area contributed by atoms with E-state index >= 15 is 0 Å². The Balaban J connectivity index is 2.48. The Bertz CT molecular complexity index is 196. The Labute approximate surface area is 87.8 Å². The van der Waals surface area contributed by atoms with Gasteiger partial charge in [0.25, 0.3) is 0 Å². The molecule has 1 amide bonds. The highest BCUT2D eigenvalue weighted by atomic mass is 79.9. The summed E-state index contributed by atoms with van der Waals surface area (Å²) >= 11 is 3.50. The van der Waals surface area contributed by atoms with Crippen LogP contribution in [-0.2, 0) is 4.79 Å².